The largest absolute Gasteiger partial charge is 0.480 e. The van der Waals surface area contributed by atoms with Gasteiger partial charge in [-0.15, -0.1) is 0 Å². The minimum Gasteiger partial charge on any atom is -0.480 e. The maximum Gasteiger partial charge on any atom is 0.326 e. The van der Waals surface area contributed by atoms with Gasteiger partial charge in [0.25, 0.3) is 5.91 Å². The quantitative estimate of drug-likeness (QED) is 0.280. The number of aromatic nitrogens is 1. The Labute approximate surface area is 276 Å². The number of carbonyl (C=O) groups excluding carboxylic acids is 5. The first-order chi connectivity index (χ1) is 22.5. The lowest BCUT2D eigenvalue weighted by Gasteiger charge is -2.29. The van der Waals surface area contributed by atoms with Crippen molar-refractivity contribution in [3.63, 3.8) is 0 Å². The Kier molecular flexibility index (Phi) is 12.6. The number of nitrogens with one attached hydrogen (secondary N) is 4. The fourth-order valence-electron chi connectivity index (χ4n) is 5.66. The predicted octanol–water partition coefficient (Wildman–Crippen LogP) is 1.73. The Balaban J connectivity index is 1.52. The zero-order valence-corrected chi connectivity index (χ0v) is 26.4. The van der Waals surface area contributed by atoms with E-state index in [1.54, 1.807) is 12.1 Å². The van der Waals surface area contributed by atoms with Gasteiger partial charge >= 0.3 is 5.97 Å². The van der Waals surface area contributed by atoms with Crippen LogP contribution in [0.1, 0.15) is 67.3 Å². The Morgan fingerprint density at radius 3 is 2.55 bits per heavy atom. The van der Waals surface area contributed by atoms with Crippen molar-refractivity contribution in [2.24, 2.45) is 0 Å². The summed E-state index contributed by atoms with van der Waals surface area (Å²) in [6, 6.07) is 3.14. The topological polar surface area (TPSA) is 187 Å². The highest BCUT2D eigenvalue weighted by Crippen LogP contribution is 2.22. The number of aliphatic carboxylic acids is 1. The van der Waals surface area contributed by atoms with Gasteiger partial charge in [0.05, 0.1) is 10.6 Å². The van der Waals surface area contributed by atoms with E-state index in [0.29, 0.717) is 25.7 Å². The molecule has 3 heterocycles. The van der Waals surface area contributed by atoms with E-state index in [1.807, 2.05) is 0 Å². The molecule has 5 N–H and O–H groups in total. The van der Waals surface area contributed by atoms with Gasteiger partial charge in [0.15, 0.2) is 0 Å². The molecule has 0 bridgehead atoms. The Morgan fingerprint density at radius 2 is 1.83 bits per heavy atom. The van der Waals surface area contributed by atoms with Crippen LogP contribution in [0.4, 0.5) is 4.39 Å². The summed E-state index contributed by atoms with van der Waals surface area (Å²) in [6.07, 6.45) is 4.64. The van der Waals surface area contributed by atoms with Crippen molar-refractivity contribution in [2.45, 2.75) is 82.0 Å². The second-order valence-corrected chi connectivity index (χ2v) is 12.1. The van der Waals surface area contributed by atoms with Gasteiger partial charge < -0.3 is 31.3 Å². The Hall–Kier alpha value is -4.59. The molecular formula is C32H38ClFN6O7. The molecule has 0 saturated carbocycles. The summed E-state index contributed by atoms with van der Waals surface area (Å²) in [5.41, 5.74) is 1.000. The van der Waals surface area contributed by atoms with Gasteiger partial charge in [-0.2, -0.15) is 0 Å². The smallest absolute Gasteiger partial charge is 0.326 e. The number of pyridine rings is 1. The van der Waals surface area contributed by atoms with Crippen molar-refractivity contribution in [3.8, 4) is 0 Å². The second kappa shape index (κ2) is 16.8. The number of hydrogen-bond acceptors (Lipinski definition) is 7. The molecule has 0 radical (unpaired) electrons. The lowest BCUT2D eigenvalue weighted by atomic mass is 10.1. The van der Waals surface area contributed by atoms with E-state index in [0.717, 1.165) is 5.56 Å². The molecule has 4 rings (SSSR count). The molecular weight excluding hydrogens is 635 g/mol. The van der Waals surface area contributed by atoms with Gasteiger partial charge in [0.1, 0.15) is 23.9 Å². The van der Waals surface area contributed by atoms with E-state index >= 15 is 0 Å². The number of carboxylic acids is 1. The Bertz CT molecular complexity index is 1480. The molecule has 252 valence electrons. The third-order valence-electron chi connectivity index (χ3n) is 8.12. The standard InChI is InChI=1S/C32H38ClFN6O7/c33-21-14-20(16-35-17-21)29(43)38-24-5-1-2-13-36-27(41)12-11-25(32(46)47)39-30(44)26-15-23(18-40(26)31(24)45)37-28(42)6-3-4-19-7-9-22(34)10-8-19/h7-10,14,16-17,23-26H,1-6,11-13,15,18H2,(H,36,41)(H,37,42)(H,38,43)(H,39,44)(H,46,47)/t23-,24+,25+,26+/m1/s1. The molecule has 47 heavy (non-hydrogen) atoms. The van der Waals surface area contributed by atoms with Gasteiger partial charge in [-0.1, -0.05) is 23.7 Å². The average Bonchev–Trinajstić information content (AvgIpc) is 3.45. The molecule has 1 aromatic heterocycles. The number of halogens is 2. The van der Waals surface area contributed by atoms with E-state index in [-0.39, 0.29) is 73.4 Å². The molecule has 2 fully saturated rings. The average molecular weight is 673 g/mol. The van der Waals surface area contributed by atoms with E-state index in [9.17, 15) is 38.3 Å². The van der Waals surface area contributed by atoms with Crippen LogP contribution in [0, 0.1) is 5.82 Å². The number of benzene rings is 1. The molecule has 0 spiro atoms. The third-order valence-corrected chi connectivity index (χ3v) is 8.33. The number of hydrogen-bond donors (Lipinski definition) is 5. The van der Waals surface area contributed by atoms with Crippen molar-refractivity contribution in [1.29, 1.82) is 0 Å². The lowest BCUT2D eigenvalue weighted by molar-refractivity contribution is -0.144. The van der Waals surface area contributed by atoms with Crippen LogP contribution in [0.15, 0.2) is 42.7 Å². The van der Waals surface area contributed by atoms with Crippen molar-refractivity contribution < 1.29 is 38.3 Å². The van der Waals surface area contributed by atoms with Crippen molar-refractivity contribution in [1.82, 2.24) is 31.2 Å². The molecule has 2 saturated heterocycles. The summed E-state index contributed by atoms with van der Waals surface area (Å²) in [5, 5.41) is 20.7. The van der Waals surface area contributed by atoms with Gasteiger partial charge in [-0.05, 0) is 68.7 Å². The summed E-state index contributed by atoms with van der Waals surface area (Å²) >= 11 is 6.00. The maximum atomic E-state index is 14.1. The molecule has 13 nitrogen and oxygen atoms in total. The maximum absolute atomic E-state index is 14.1. The zero-order chi connectivity index (χ0) is 33.9. The number of carboxylic acid groups (broad SMARTS) is 1. The molecule has 2 aromatic rings. The summed E-state index contributed by atoms with van der Waals surface area (Å²) in [5.74, 6) is -4.30. The van der Waals surface area contributed by atoms with Crippen LogP contribution in [0.25, 0.3) is 0 Å². The first-order valence-corrected chi connectivity index (χ1v) is 15.9. The van der Waals surface area contributed by atoms with E-state index in [2.05, 4.69) is 26.3 Å². The molecule has 2 aliphatic rings. The molecule has 4 atom stereocenters. The number of fused-ring (bicyclic) bond motifs is 1. The van der Waals surface area contributed by atoms with Crippen LogP contribution in [-0.2, 0) is 30.4 Å². The third kappa shape index (κ3) is 10.5. The van der Waals surface area contributed by atoms with E-state index in [1.165, 1.54) is 35.5 Å². The van der Waals surface area contributed by atoms with Crippen molar-refractivity contribution in [3.05, 3.63) is 64.7 Å². The van der Waals surface area contributed by atoms with Crippen molar-refractivity contribution >= 4 is 47.1 Å². The predicted molar refractivity (Wildman–Crippen MR) is 168 cm³/mol. The van der Waals surface area contributed by atoms with Crippen LogP contribution in [-0.4, -0.2) is 87.8 Å². The van der Waals surface area contributed by atoms with Crippen LogP contribution >= 0.6 is 11.6 Å². The number of nitrogens with zero attached hydrogens (tertiary/aromatic N) is 2. The summed E-state index contributed by atoms with van der Waals surface area (Å²) in [6.45, 7) is 0.223. The lowest BCUT2D eigenvalue weighted by Crippen LogP contribution is -2.55. The fraction of sp³-hybridized carbons (Fsp3) is 0.469. The molecule has 15 heteroatoms. The molecule has 2 aliphatic heterocycles. The first-order valence-electron chi connectivity index (χ1n) is 15.6. The summed E-state index contributed by atoms with van der Waals surface area (Å²) in [7, 11) is 0. The molecule has 1 aromatic carbocycles. The number of amides is 5. The zero-order valence-electron chi connectivity index (χ0n) is 25.7. The molecule has 0 unspecified atom stereocenters. The van der Waals surface area contributed by atoms with Gasteiger partial charge in [-0.3, -0.25) is 29.0 Å². The first kappa shape index (κ1) is 35.3. The highest BCUT2D eigenvalue weighted by Gasteiger charge is 2.43. The minimum atomic E-state index is -1.39. The highest BCUT2D eigenvalue weighted by atomic mass is 35.5. The summed E-state index contributed by atoms with van der Waals surface area (Å²) in [4.78, 5) is 83.0. The van der Waals surface area contributed by atoms with Gasteiger partial charge in [-0.25, -0.2) is 9.18 Å². The van der Waals surface area contributed by atoms with Crippen LogP contribution in [0.3, 0.4) is 0 Å². The molecule has 5 amide bonds. The number of aryl methyl sites for hydroxylation is 1. The van der Waals surface area contributed by atoms with Crippen LogP contribution in [0.2, 0.25) is 5.02 Å². The Morgan fingerprint density at radius 1 is 1.06 bits per heavy atom. The second-order valence-electron chi connectivity index (χ2n) is 11.7. The van der Waals surface area contributed by atoms with Crippen LogP contribution in [0.5, 0.6) is 0 Å². The number of rotatable bonds is 8. The SMILES string of the molecule is O=C1CC[C@@H](C(=O)O)NC(=O)[C@@H]2C[C@@H](NC(=O)CCCc3ccc(F)cc3)CN2C(=O)[C@@H](NC(=O)c2cncc(Cl)c2)CCCCN1. The number of carbonyl (C=O) groups is 6. The minimum absolute atomic E-state index is 0.00692. The highest BCUT2D eigenvalue weighted by molar-refractivity contribution is 6.30. The molecule has 0 aliphatic carbocycles. The van der Waals surface area contributed by atoms with Gasteiger partial charge in [0, 0.05) is 44.4 Å². The van der Waals surface area contributed by atoms with Crippen LogP contribution < -0.4 is 21.3 Å². The summed E-state index contributed by atoms with van der Waals surface area (Å²) < 4.78 is 13.2. The monoisotopic (exact) mass is 672 g/mol. The normalized spacial score (nSPS) is 22.6. The van der Waals surface area contributed by atoms with Gasteiger partial charge in [0.2, 0.25) is 23.6 Å². The van der Waals surface area contributed by atoms with E-state index in [4.69, 9.17) is 11.6 Å². The van der Waals surface area contributed by atoms with E-state index < -0.39 is 47.9 Å². The fourth-order valence-corrected chi connectivity index (χ4v) is 5.84. The van der Waals surface area contributed by atoms with Crippen molar-refractivity contribution in [2.75, 3.05) is 13.1 Å².